The molecular weight excluding hydrogens is 1960 g/mol. The molecular formula is C105H170N10O35. The van der Waals surface area contributed by atoms with Gasteiger partial charge in [0.2, 0.25) is 59.1 Å². The lowest BCUT2D eigenvalue weighted by molar-refractivity contribution is -0.277. The van der Waals surface area contributed by atoms with Gasteiger partial charge in [-0.15, -0.1) is 0 Å². The Balaban J connectivity index is 1.03. The lowest BCUT2D eigenvalue weighted by Crippen LogP contribution is -2.66. The van der Waals surface area contributed by atoms with Crippen LogP contribution in [0.5, 0.6) is 0 Å². The monoisotopic (exact) mass is 2130 g/mol. The first-order valence-corrected chi connectivity index (χ1v) is 53.9. The van der Waals surface area contributed by atoms with E-state index in [-0.39, 0.29) is 130 Å². The standard InChI is InChI=1S/C105H170N10O35/c1-66(2)82(128)33-19-15-20-34-89(132)109-65-105(59-79-41-50-113(51-42-79)90(133)38-21-16-27-47-106-86(129)35-24-30-56-136-102-93(110-67(3)116)99(145-76(12)125)96(142-73(9)122)83(148-102)62-139-70(6)119,60-80-43-52-114(53-44-80)91(134)39-22-17-28-48-107-87(130)36-25-31-57-137-103-94(111-68(4)117)100(146-77(13)126)97(143-74(10)123)84(149-103)63-140-71(7)120)61-81-45-54-115(55-46-81)92(135)40-23-18-29-49-108-88(131)37-26-32-58-138-104-95(112-69(5)118)101(147-78(14)127)98(144-75(11)124)85(150-104)64-141-72(8)121/h66,79-81,83-85,93-104H,15-65H2,1-14H3,(H,106,129)(H,107,130)(H,108,131)(H,109,132)(H,110,116)(H,111,117)(H,112,118). The van der Waals surface area contributed by atoms with Crippen molar-refractivity contribution in [1.82, 2.24) is 51.9 Å². The molecule has 0 aromatic rings. The van der Waals surface area contributed by atoms with Crippen LogP contribution < -0.4 is 37.2 Å². The topological polar surface area (TPSA) is 574 Å². The maximum Gasteiger partial charge on any atom is 0.303 e. The summed E-state index contributed by atoms with van der Waals surface area (Å²) in [6, 6.07) is -3.39. The lowest BCUT2D eigenvalue weighted by atomic mass is 9.64. The minimum absolute atomic E-state index is 0.0486. The Morgan fingerprint density at radius 3 is 0.780 bits per heavy atom. The molecule has 0 aliphatic carbocycles. The van der Waals surface area contributed by atoms with E-state index in [2.05, 4.69) is 37.2 Å². The van der Waals surface area contributed by atoms with Gasteiger partial charge in [0.1, 0.15) is 62.0 Å². The van der Waals surface area contributed by atoms with Crippen LogP contribution in [0.4, 0.5) is 0 Å². The Morgan fingerprint density at radius 1 is 0.287 bits per heavy atom. The summed E-state index contributed by atoms with van der Waals surface area (Å²) in [6.45, 7) is 21.9. The Kier molecular flexibility index (Phi) is 59.0. The van der Waals surface area contributed by atoms with E-state index in [1.807, 2.05) is 28.5 Å². The predicted octanol–water partition coefficient (Wildman–Crippen LogP) is 6.71. The fourth-order valence-electron chi connectivity index (χ4n) is 20.1. The van der Waals surface area contributed by atoms with Crippen molar-refractivity contribution in [2.75, 3.05) is 105 Å². The zero-order valence-corrected chi connectivity index (χ0v) is 90.7. The Bertz CT molecular complexity index is 3940. The quantitative estimate of drug-likeness (QED) is 0.0189. The SMILES string of the molecule is CC(=O)NC1C(OCCCCC(=O)NCCCCCC(=O)N2CCC(CC(CNC(=O)CCCCCC(=O)C(C)C)(CC3CCN(C(=O)CCCCCNC(=O)CCCCOC4OC(COC(C)=O)C(OC(C)=O)C(OC(C)=O)C4NC(C)=O)CC3)CC3CCN(C(=O)CCCCCNC(=O)CCCCOC4OC(COC(C)=O)C(OC(C)=O)C(OC(C)=O)C4NC(C)=O)CC3)CC2)OC(COC(C)=O)C(OC(C)=O)C1OC(C)=O. The first kappa shape index (κ1) is 128. The second kappa shape index (κ2) is 69.1. The molecule has 45 heteroatoms. The molecule has 6 rings (SSSR count). The molecule has 850 valence electrons. The molecule has 0 saturated carbocycles. The predicted molar refractivity (Wildman–Crippen MR) is 536 cm³/mol. The van der Waals surface area contributed by atoms with Crippen molar-refractivity contribution < 1.29 is 167 Å². The van der Waals surface area contributed by atoms with Gasteiger partial charge in [-0.1, -0.05) is 39.5 Å². The van der Waals surface area contributed by atoms with Gasteiger partial charge in [0.05, 0.1) is 0 Å². The van der Waals surface area contributed by atoms with Crippen LogP contribution >= 0.6 is 0 Å². The molecule has 0 aromatic carbocycles. The minimum Gasteiger partial charge on any atom is -0.463 e. The van der Waals surface area contributed by atoms with Crippen molar-refractivity contribution in [1.29, 1.82) is 0 Å². The first-order valence-electron chi connectivity index (χ1n) is 53.9. The van der Waals surface area contributed by atoms with Crippen molar-refractivity contribution in [2.45, 2.75) is 414 Å². The minimum atomic E-state index is -1.28. The number of unbranched alkanes of at least 4 members (excludes halogenated alkanes) is 11. The highest BCUT2D eigenvalue weighted by atomic mass is 16.7. The molecule has 6 fully saturated rings. The van der Waals surface area contributed by atoms with E-state index in [1.165, 1.54) is 41.5 Å². The molecule has 0 aromatic heterocycles. The van der Waals surface area contributed by atoms with E-state index in [0.717, 1.165) is 106 Å². The number of hydrogen-bond donors (Lipinski definition) is 7. The average molecular weight is 2130 g/mol. The van der Waals surface area contributed by atoms with Crippen LogP contribution in [0, 0.1) is 29.1 Å². The molecule has 15 atom stereocenters. The molecule has 6 aliphatic heterocycles. The highest BCUT2D eigenvalue weighted by molar-refractivity contribution is 5.82. The number of ether oxygens (including phenoxy) is 15. The van der Waals surface area contributed by atoms with Gasteiger partial charge in [-0.05, 0) is 171 Å². The third-order valence-electron chi connectivity index (χ3n) is 27.3. The van der Waals surface area contributed by atoms with Crippen molar-refractivity contribution >= 4 is 119 Å². The number of hydrogen-bond acceptors (Lipinski definition) is 35. The smallest absolute Gasteiger partial charge is 0.303 e. The molecule has 6 saturated heterocycles. The number of piperidine rings is 3. The zero-order valence-electron chi connectivity index (χ0n) is 90.7. The zero-order chi connectivity index (χ0) is 110. The molecule has 0 bridgehead atoms. The van der Waals surface area contributed by atoms with Crippen LogP contribution in [0.15, 0.2) is 0 Å². The number of amides is 10. The fourth-order valence-corrected chi connectivity index (χ4v) is 20.1. The Labute approximate surface area is 881 Å². The van der Waals surface area contributed by atoms with Crippen LogP contribution in [-0.4, -0.2) is 330 Å². The van der Waals surface area contributed by atoms with E-state index >= 15 is 0 Å². The highest BCUT2D eigenvalue weighted by Crippen LogP contribution is 2.47. The van der Waals surface area contributed by atoms with Crippen LogP contribution in [0.3, 0.4) is 0 Å². The summed E-state index contributed by atoms with van der Waals surface area (Å²) < 4.78 is 84.9. The van der Waals surface area contributed by atoms with Gasteiger partial charge in [0.25, 0.3) is 0 Å². The molecule has 45 nitrogen and oxygen atoms in total. The van der Waals surface area contributed by atoms with Crippen LogP contribution in [-0.2, 0) is 167 Å². The maximum absolute atomic E-state index is 14.2. The second-order valence-electron chi connectivity index (χ2n) is 40.7. The number of carbonyl (C=O) groups excluding carboxylic acids is 20. The average Bonchev–Trinajstić information content (AvgIpc) is 0.795. The number of nitrogens with one attached hydrogen (secondary N) is 7. The van der Waals surface area contributed by atoms with Crippen molar-refractivity contribution in [3.8, 4) is 0 Å². The van der Waals surface area contributed by atoms with Crippen LogP contribution in [0.25, 0.3) is 0 Å². The van der Waals surface area contributed by atoms with Crippen molar-refractivity contribution in [2.24, 2.45) is 29.1 Å². The first-order chi connectivity index (χ1) is 71.4. The van der Waals surface area contributed by atoms with Gasteiger partial charge < -0.3 is 123 Å². The third-order valence-corrected chi connectivity index (χ3v) is 27.3. The van der Waals surface area contributed by atoms with E-state index in [4.69, 9.17) is 71.1 Å². The van der Waals surface area contributed by atoms with Gasteiger partial charge in [-0.2, -0.15) is 0 Å². The molecule has 0 spiro atoms. The fraction of sp³-hybridized carbons (Fsp3) is 0.810. The largest absolute Gasteiger partial charge is 0.463 e. The van der Waals surface area contributed by atoms with Crippen molar-refractivity contribution in [3.05, 3.63) is 0 Å². The normalized spacial score (nSPS) is 23.0. The van der Waals surface area contributed by atoms with E-state index in [1.54, 1.807) is 0 Å². The summed E-state index contributed by atoms with van der Waals surface area (Å²) in [5, 5.41) is 20.3. The van der Waals surface area contributed by atoms with Crippen molar-refractivity contribution in [3.63, 3.8) is 0 Å². The number of Topliss-reactive ketones (excluding diaryl/α,β-unsaturated/α-hetero) is 1. The summed E-state index contributed by atoms with van der Waals surface area (Å²) >= 11 is 0. The number of carbonyl (C=O) groups is 20. The summed E-state index contributed by atoms with van der Waals surface area (Å²) in [7, 11) is 0. The summed E-state index contributed by atoms with van der Waals surface area (Å²) in [4.78, 5) is 260. The number of likely N-dealkylation sites (tertiary alicyclic amines) is 3. The van der Waals surface area contributed by atoms with Gasteiger partial charge in [0.15, 0.2) is 55.5 Å². The lowest BCUT2D eigenvalue weighted by Gasteiger charge is -2.46. The number of ketones is 1. The molecule has 0 radical (unpaired) electrons. The van der Waals surface area contributed by atoms with Crippen LogP contribution in [0.2, 0.25) is 0 Å². The number of rotatable bonds is 66. The summed E-state index contributed by atoms with van der Waals surface area (Å²) in [5.74, 6) is -7.60. The molecule has 7 N–H and O–H groups in total. The second-order valence-corrected chi connectivity index (χ2v) is 40.7. The number of nitrogens with zero attached hydrogens (tertiary/aromatic N) is 3. The Morgan fingerprint density at radius 2 is 0.527 bits per heavy atom. The molecule has 15 unspecified atom stereocenters. The van der Waals surface area contributed by atoms with E-state index in [0.29, 0.717) is 207 Å². The van der Waals surface area contributed by atoms with E-state index < -0.39 is 169 Å². The summed E-state index contributed by atoms with van der Waals surface area (Å²) in [5.41, 5.74) is -0.395. The Hall–Kier alpha value is -10.6. The van der Waals surface area contributed by atoms with Crippen LogP contribution in [0.1, 0.15) is 322 Å². The van der Waals surface area contributed by atoms with Gasteiger partial charge >= 0.3 is 53.7 Å². The third kappa shape index (κ3) is 49.8. The van der Waals surface area contributed by atoms with E-state index in [9.17, 15) is 95.9 Å². The molecule has 10 amide bonds. The molecule has 6 heterocycles. The van der Waals surface area contributed by atoms with Gasteiger partial charge in [-0.3, -0.25) is 95.9 Å². The highest BCUT2D eigenvalue weighted by Gasteiger charge is 2.55. The summed E-state index contributed by atoms with van der Waals surface area (Å²) in [6.07, 6.45) is 4.78. The molecule has 6 aliphatic rings. The number of esters is 9. The molecule has 150 heavy (non-hydrogen) atoms. The van der Waals surface area contributed by atoms with Gasteiger partial charge in [0, 0.05) is 226 Å². The maximum atomic E-state index is 14.2. The van der Waals surface area contributed by atoms with Gasteiger partial charge in [-0.25, -0.2) is 0 Å².